The van der Waals surface area contributed by atoms with Crippen molar-refractivity contribution < 1.29 is 0 Å². The van der Waals surface area contributed by atoms with Gasteiger partial charge in [-0.25, -0.2) is 0 Å². The number of fused-ring (bicyclic) bond motifs is 5. The SMILES string of the molecule is CC1(C)c2ccccc2-c2c(N(c3ccc(-c4ccccc4)cc3)c3cccc(-c4ccc5ccccc5c4)c3-c3cccc4ccccc34)cccc21. The van der Waals surface area contributed by atoms with Crippen molar-refractivity contribution in [2.75, 3.05) is 4.90 Å². The minimum absolute atomic E-state index is 0.129. The fourth-order valence-electron chi connectivity index (χ4n) is 8.81. The van der Waals surface area contributed by atoms with E-state index in [-0.39, 0.29) is 5.41 Å². The molecule has 0 radical (unpaired) electrons. The summed E-state index contributed by atoms with van der Waals surface area (Å²) >= 11 is 0. The quantitative estimate of drug-likeness (QED) is 0.168. The molecule has 0 fully saturated rings. The van der Waals surface area contributed by atoms with Crippen molar-refractivity contribution in [3.63, 3.8) is 0 Å². The standard InChI is InChI=1S/C53H39N/c1-53(2)47-25-11-10-22-46(47)52-48(53)26-14-28-50(52)54(42-33-31-38(32-34-42)36-15-4-3-5-16-36)49-27-13-23-44(41-30-29-37-17-6-7-19-40(37)35-41)51(49)45-24-12-20-39-18-8-9-21-43(39)45/h3-35H,1-2H3. The topological polar surface area (TPSA) is 3.24 Å². The number of anilines is 3. The summed E-state index contributed by atoms with van der Waals surface area (Å²) in [7, 11) is 0. The van der Waals surface area contributed by atoms with Crippen molar-refractivity contribution in [3.05, 3.63) is 211 Å². The van der Waals surface area contributed by atoms with Crippen molar-refractivity contribution in [3.8, 4) is 44.5 Å². The van der Waals surface area contributed by atoms with E-state index in [0.717, 1.165) is 11.4 Å². The highest BCUT2D eigenvalue weighted by molar-refractivity contribution is 6.08. The van der Waals surface area contributed by atoms with Gasteiger partial charge in [-0.05, 0) is 96.4 Å². The van der Waals surface area contributed by atoms with Crippen LogP contribution in [0.3, 0.4) is 0 Å². The molecule has 0 spiro atoms. The van der Waals surface area contributed by atoms with Crippen LogP contribution in [-0.4, -0.2) is 0 Å². The molecule has 0 aromatic heterocycles. The van der Waals surface area contributed by atoms with Crippen molar-refractivity contribution >= 4 is 38.6 Å². The number of nitrogens with zero attached hydrogens (tertiary/aromatic N) is 1. The molecule has 0 unspecified atom stereocenters. The third kappa shape index (κ3) is 5.16. The molecule has 1 aliphatic rings. The molecule has 256 valence electrons. The highest BCUT2D eigenvalue weighted by Crippen LogP contribution is 2.56. The molecule has 0 amide bonds. The Morgan fingerprint density at radius 1 is 0.352 bits per heavy atom. The maximum atomic E-state index is 2.52. The first-order valence-corrected chi connectivity index (χ1v) is 18.9. The average Bonchev–Trinajstić information content (AvgIpc) is 3.47. The Morgan fingerprint density at radius 2 is 0.907 bits per heavy atom. The van der Waals surface area contributed by atoms with Gasteiger partial charge in [-0.1, -0.05) is 184 Å². The molecule has 0 saturated carbocycles. The lowest BCUT2D eigenvalue weighted by Crippen LogP contribution is -2.16. The van der Waals surface area contributed by atoms with E-state index in [1.165, 1.54) is 82.9 Å². The number of rotatable bonds is 6. The Bertz CT molecular complexity index is 2840. The Kier molecular flexibility index (Phi) is 7.56. The Hall–Kier alpha value is -6.70. The zero-order chi connectivity index (χ0) is 36.2. The molecule has 1 heteroatoms. The summed E-state index contributed by atoms with van der Waals surface area (Å²) < 4.78 is 0. The lowest BCUT2D eigenvalue weighted by Gasteiger charge is -2.32. The summed E-state index contributed by atoms with van der Waals surface area (Å²) in [5.41, 5.74) is 15.8. The lowest BCUT2D eigenvalue weighted by molar-refractivity contribution is 0.660. The molecule has 0 saturated heterocycles. The fourth-order valence-corrected chi connectivity index (χ4v) is 8.81. The third-order valence-corrected chi connectivity index (χ3v) is 11.5. The molecule has 0 aliphatic heterocycles. The van der Waals surface area contributed by atoms with Gasteiger partial charge in [0.05, 0.1) is 11.4 Å². The minimum atomic E-state index is -0.129. The van der Waals surface area contributed by atoms with Gasteiger partial charge in [-0.2, -0.15) is 0 Å². The number of benzene rings is 9. The monoisotopic (exact) mass is 689 g/mol. The van der Waals surface area contributed by atoms with Gasteiger partial charge in [0.15, 0.2) is 0 Å². The van der Waals surface area contributed by atoms with E-state index in [1.54, 1.807) is 0 Å². The van der Waals surface area contributed by atoms with Gasteiger partial charge >= 0.3 is 0 Å². The molecule has 10 rings (SSSR count). The van der Waals surface area contributed by atoms with Crippen LogP contribution in [0.2, 0.25) is 0 Å². The Balaban J connectivity index is 1.30. The van der Waals surface area contributed by atoms with Crippen molar-refractivity contribution in [1.29, 1.82) is 0 Å². The molecular weight excluding hydrogens is 651 g/mol. The van der Waals surface area contributed by atoms with Gasteiger partial charge in [0.25, 0.3) is 0 Å². The summed E-state index contributed by atoms with van der Waals surface area (Å²) in [5, 5.41) is 4.94. The van der Waals surface area contributed by atoms with Gasteiger partial charge in [0.2, 0.25) is 0 Å². The van der Waals surface area contributed by atoms with Crippen molar-refractivity contribution in [1.82, 2.24) is 0 Å². The zero-order valence-corrected chi connectivity index (χ0v) is 30.5. The minimum Gasteiger partial charge on any atom is -0.309 e. The normalized spacial score (nSPS) is 12.8. The smallest absolute Gasteiger partial charge is 0.0546 e. The Labute approximate surface area is 317 Å². The first-order chi connectivity index (χ1) is 26.6. The van der Waals surface area contributed by atoms with Crippen molar-refractivity contribution in [2.24, 2.45) is 0 Å². The maximum absolute atomic E-state index is 2.52. The van der Waals surface area contributed by atoms with Gasteiger partial charge in [-0.3, -0.25) is 0 Å². The molecule has 9 aromatic carbocycles. The van der Waals surface area contributed by atoms with Crippen LogP contribution < -0.4 is 4.90 Å². The van der Waals surface area contributed by atoms with Crippen LogP contribution in [-0.2, 0) is 5.41 Å². The second kappa shape index (κ2) is 12.8. The van der Waals surface area contributed by atoms with Crippen LogP contribution in [0.4, 0.5) is 17.1 Å². The zero-order valence-electron chi connectivity index (χ0n) is 30.5. The number of hydrogen-bond acceptors (Lipinski definition) is 1. The van der Waals surface area contributed by atoms with Gasteiger partial charge in [0.1, 0.15) is 0 Å². The molecule has 0 heterocycles. The highest BCUT2D eigenvalue weighted by atomic mass is 15.1. The average molecular weight is 690 g/mol. The first-order valence-electron chi connectivity index (χ1n) is 18.9. The van der Waals surface area contributed by atoms with Gasteiger partial charge < -0.3 is 4.90 Å². The van der Waals surface area contributed by atoms with E-state index in [1.807, 2.05) is 0 Å². The van der Waals surface area contributed by atoms with E-state index < -0.39 is 0 Å². The molecule has 9 aromatic rings. The van der Waals surface area contributed by atoms with E-state index in [4.69, 9.17) is 0 Å². The van der Waals surface area contributed by atoms with Gasteiger partial charge in [0, 0.05) is 22.2 Å². The van der Waals surface area contributed by atoms with Gasteiger partial charge in [-0.15, -0.1) is 0 Å². The first kappa shape index (κ1) is 32.0. The summed E-state index contributed by atoms with van der Waals surface area (Å²) in [6.45, 7) is 4.73. The second-order valence-electron chi connectivity index (χ2n) is 14.9. The van der Waals surface area contributed by atoms with Crippen LogP contribution in [0.5, 0.6) is 0 Å². The third-order valence-electron chi connectivity index (χ3n) is 11.5. The van der Waals surface area contributed by atoms with Crippen LogP contribution in [0, 0.1) is 0 Å². The van der Waals surface area contributed by atoms with Crippen LogP contribution in [0.25, 0.3) is 66.1 Å². The highest BCUT2D eigenvalue weighted by Gasteiger charge is 2.38. The van der Waals surface area contributed by atoms with Crippen LogP contribution in [0.15, 0.2) is 200 Å². The fraction of sp³-hybridized carbons (Fsp3) is 0.0566. The van der Waals surface area contributed by atoms with Crippen LogP contribution in [0.1, 0.15) is 25.0 Å². The van der Waals surface area contributed by atoms with E-state index in [2.05, 4.69) is 219 Å². The molecule has 0 bridgehead atoms. The predicted octanol–water partition coefficient (Wildman–Crippen LogP) is 14.8. The maximum Gasteiger partial charge on any atom is 0.0546 e. The predicted molar refractivity (Wildman–Crippen MR) is 230 cm³/mol. The summed E-state index contributed by atoms with van der Waals surface area (Å²) in [6.07, 6.45) is 0. The molecule has 1 nitrogen and oxygen atoms in total. The molecule has 54 heavy (non-hydrogen) atoms. The van der Waals surface area contributed by atoms with Crippen molar-refractivity contribution in [2.45, 2.75) is 19.3 Å². The van der Waals surface area contributed by atoms with E-state index in [0.29, 0.717) is 0 Å². The summed E-state index contributed by atoms with van der Waals surface area (Å²) in [5.74, 6) is 0. The lowest BCUT2D eigenvalue weighted by atomic mass is 9.82. The summed E-state index contributed by atoms with van der Waals surface area (Å²) in [4.78, 5) is 2.52. The Morgan fingerprint density at radius 3 is 1.74 bits per heavy atom. The molecule has 0 atom stereocenters. The molecule has 1 aliphatic carbocycles. The number of hydrogen-bond donors (Lipinski definition) is 0. The molecule has 0 N–H and O–H groups in total. The van der Waals surface area contributed by atoms with E-state index in [9.17, 15) is 0 Å². The largest absolute Gasteiger partial charge is 0.309 e. The second-order valence-corrected chi connectivity index (χ2v) is 14.9. The molecular formula is C53H39N. The van der Waals surface area contributed by atoms with E-state index >= 15 is 0 Å². The van der Waals surface area contributed by atoms with Crippen LogP contribution >= 0.6 is 0 Å². The summed E-state index contributed by atoms with van der Waals surface area (Å²) in [6, 6.07) is 73.6.